The number of carbonyl (C=O) groups excluding carboxylic acids is 1. The van der Waals surface area contributed by atoms with E-state index in [1.54, 1.807) is 25.1 Å². The summed E-state index contributed by atoms with van der Waals surface area (Å²) in [6.45, 7) is 4.55. The Labute approximate surface area is 162 Å². The van der Waals surface area contributed by atoms with Crippen LogP contribution in [0.4, 0.5) is 0 Å². The van der Waals surface area contributed by atoms with Crippen LogP contribution in [-0.2, 0) is 0 Å². The van der Waals surface area contributed by atoms with Gasteiger partial charge in [0.15, 0.2) is 5.01 Å². The highest BCUT2D eigenvalue weighted by molar-refractivity contribution is 8.01. The lowest BCUT2D eigenvalue weighted by atomic mass is 9.79. The molecule has 3 aliphatic heterocycles. The van der Waals surface area contributed by atoms with E-state index in [2.05, 4.69) is 22.1 Å². The van der Waals surface area contributed by atoms with E-state index in [0.717, 1.165) is 27.9 Å². The molecule has 4 heterocycles. The molecule has 2 aromatic rings. The lowest BCUT2D eigenvalue weighted by Gasteiger charge is -2.49. The van der Waals surface area contributed by atoms with Gasteiger partial charge in [0.1, 0.15) is 5.75 Å². The molecule has 0 spiro atoms. The molecule has 1 amide bonds. The molecule has 3 aliphatic rings. The van der Waals surface area contributed by atoms with E-state index in [9.17, 15) is 4.79 Å². The second-order valence-electron chi connectivity index (χ2n) is 6.88. The Balaban J connectivity index is 1.40. The molecule has 5 nitrogen and oxygen atoms in total. The van der Waals surface area contributed by atoms with E-state index in [4.69, 9.17) is 4.74 Å². The summed E-state index contributed by atoms with van der Waals surface area (Å²) in [5, 5.41) is 3.80. The second-order valence-corrected chi connectivity index (χ2v) is 9.28. The fourth-order valence-electron chi connectivity index (χ4n) is 3.93. The number of fused-ring (bicyclic) bond motifs is 3. The second kappa shape index (κ2) is 7.58. The van der Waals surface area contributed by atoms with Crippen molar-refractivity contribution in [3.63, 3.8) is 0 Å². The lowest BCUT2D eigenvalue weighted by Crippen LogP contribution is -2.62. The summed E-state index contributed by atoms with van der Waals surface area (Å²) in [7, 11) is 1.66. The third kappa shape index (κ3) is 3.61. The van der Waals surface area contributed by atoms with Crippen LogP contribution in [0.3, 0.4) is 0 Å². The Morgan fingerprint density at radius 2 is 2.04 bits per heavy atom. The summed E-state index contributed by atoms with van der Waals surface area (Å²) in [6, 6.07) is 8.55. The van der Waals surface area contributed by atoms with Gasteiger partial charge in [-0.3, -0.25) is 9.69 Å². The van der Waals surface area contributed by atoms with Crippen LogP contribution in [0.2, 0.25) is 0 Å². The number of ether oxygens (including phenoxy) is 1. The summed E-state index contributed by atoms with van der Waals surface area (Å²) in [5.41, 5.74) is 0. The number of methoxy groups -OCH3 is 1. The summed E-state index contributed by atoms with van der Waals surface area (Å²) in [5.74, 6) is 1.40. The number of hydrogen-bond donors (Lipinski definition) is 1. The highest BCUT2D eigenvalue weighted by Crippen LogP contribution is 2.34. The van der Waals surface area contributed by atoms with Gasteiger partial charge in [-0.05, 0) is 63.0 Å². The van der Waals surface area contributed by atoms with E-state index in [1.165, 1.54) is 24.2 Å². The Kier molecular flexibility index (Phi) is 5.20. The molecule has 0 aliphatic carbocycles. The maximum absolute atomic E-state index is 12.7. The molecule has 3 fully saturated rings. The number of thiazole rings is 1. The van der Waals surface area contributed by atoms with Crippen LogP contribution in [0.15, 0.2) is 39.6 Å². The first kappa shape index (κ1) is 17.8. The van der Waals surface area contributed by atoms with Gasteiger partial charge in [0, 0.05) is 17.0 Å². The van der Waals surface area contributed by atoms with E-state index in [0.29, 0.717) is 17.0 Å². The maximum atomic E-state index is 12.7. The SMILES string of the molecule is COc1ccc(Sc2cnc(C(=O)N[C@@H]3C4CCN(CC4)[C@H]3C)s2)cc1. The van der Waals surface area contributed by atoms with Crippen molar-refractivity contribution < 1.29 is 9.53 Å². The van der Waals surface area contributed by atoms with Crippen molar-refractivity contribution in [2.24, 2.45) is 5.92 Å². The third-order valence-corrected chi connectivity index (χ3v) is 7.54. The van der Waals surface area contributed by atoms with Gasteiger partial charge >= 0.3 is 0 Å². The van der Waals surface area contributed by atoms with Gasteiger partial charge in [-0.25, -0.2) is 4.98 Å². The van der Waals surface area contributed by atoms with Gasteiger partial charge in [0.05, 0.1) is 17.5 Å². The van der Waals surface area contributed by atoms with Gasteiger partial charge in [0.2, 0.25) is 0 Å². The topological polar surface area (TPSA) is 54.5 Å². The normalized spacial score (nSPS) is 27.3. The van der Waals surface area contributed by atoms with Crippen LogP contribution in [0.25, 0.3) is 0 Å². The minimum absolute atomic E-state index is 0.0396. The predicted molar refractivity (Wildman–Crippen MR) is 104 cm³/mol. The zero-order chi connectivity index (χ0) is 18.1. The van der Waals surface area contributed by atoms with Crippen molar-refractivity contribution in [1.29, 1.82) is 0 Å². The van der Waals surface area contributed by atoms with Crippen molar-refractivity contribution in [2.45, 2.75) is 41.0 Å². The van der Waals surface area contributed by atoms with E-state index in [-0.39, 0.29) is 11.9 Å². The van der Waals surface area contributed by atoms with Crippen LogP contribution in [-0.4, -0.2) is 48.1 Å². The molecular formula is C19H23N3O2S2. The van der Waals surface area contributed by atoms with Gasteiger partial charge in [-0.2, -0.15) is 0 Å². The first-order chi connectivity index (χ1) is 12.6. The van der Waals surface area contributed by atoms with Crippen LogP contribution >= 0.6 is 23.1 Å². The van der Waals surface area contributed by atoms with E-state index >= 15 is 0 Å². The van der Waals surface area contributed by atoms with Crippen molar-refractivity contribution >= 4 is 29.0 Å². The number of amides is 1. The molecule has 5 rings (SSSR count). The average Bonchev–Trinajstić information content (AvgIpc) is 3.14. The number of carbonyl (C=O) groups is 1. The first-order valence-electron chi connectivity index (χ1n) is 8.96. The number of aromatic nitrogens is 1. The zero-order valence-electron chi connectivity index (χ0n) is 15.0. The molecule has 3 saturated heterocycles. The molecular weight excluding hydrogens is 366 g/mol. The number of piperidine rings is 3. The molecule has 1 aromatic heterocycles. The van der Waals surface area contributed by atoms with Crippen LogP contribution in [0, 0.1) is 5.92 Å². The quantitative estimate of drug-likeness (QED) is 0.848. The summed E-state index contributed by atoms with van der Waals surface area (Å²) >= 11 is 3.07. The third-order valence-electron chi connectivity index (χ3n) is 5.43. The highest BCUT2D eigenvalue weighted by Gasteiger charge is 2.40. The van der Waals surface area contributed by atoms with E-state index < -0.39 is 0 Å². The monoisotopic (exact) mass is 389 g/mol. The predicted octanol–water partition coefficient (Wildman–Crippen LogP) is 3.52. The molecule has 2 atom stereocenters. The van der Waals surface area contributed by atoms with Crippen LogP contribution in [0.1, 0.15) is 29.6 Å². The molecule has 1 N–H and O–H groups in total. The fraction of sp³-hybridized carbons (Fsp3) is 0.474. The smallest absolute Gasteiger partial charge is 0.280 e. The molecule has 0 radical (unpaired) electrons. The first-order valence-corrected chi connectivity index (χ1v) is 10.6. The van der Waals surface area contributed by atoms with Crippen molar-refractivity contribution in [3.8, 4) is 5.75 Å². The fourth-order valence-corrected chi connectivity index (χ4v) is 5.78. The number of hydrogen-bond acceptors (Lipinski definition) is 6. The van der Waals surface area contributed by atoms with Crippen LogP contribution < -0.4 is 10.1 Å². The van der Waals surface area contributed by atoms with Gasteiger partial charge in [0.25, 0.3) is 5.91 Å². The Morgan fingerprint density at radius 3 is 2.69 bits per heavy atom. The average molecular weight is 390 g/mol. The largest absolute Gasteiger partial charge is 0.497 e. The zero-order valence-corrected chi connectivity index (χ0v) is 16.6. The van der Waals surface area contributed by atoms with Gasteiger partial charge < -0.3 is 10.1 Å². The Bertz CT molecular complexity index is 767. The van der Waals surface area contributed by atoms with Gasteiger partial charge in [-0.1, -0.05) is 11.8 Å². The van der Waals surface area contributed by atoms with Crippen molar-refractivity contribution in [3.05, 3.63) is 35.5 Å². The number of rotatable bonds is 5. The van der Waals surface area contributed by atoms with Gasteiger partial charge in [-0.15, -0.1) is 11.3 Å². The Morgan fingerprint density at radius 1 is 1.31 bits per heavy atom. The van der Waals surface area contributed by atoms with Crippen molar-refractivity contribution in [1.82, 2.24) is 15.2 Å². The van der Waals surface area contributed by atoms with E-state index in [1.807, 2.05) is 24.3 Å². The highest BCUT2D eigenvalue weighted by atomic mass is 32.2. The minimum Gasteiger partial charge on any atom is -0.497 e. The number of benzene rings is 1. The molecule has 2 bridgehead atoms. The Hall–Kier alpha value is -1.57. The summed E-state index contributed by atoms with van der Waals surface area (Å²) < 4.78 is 6.20. The lowest BCUT2D eigenvalue weighted by molar-refractivity contribution is 0.0217. The number of nitrogens with zero attached hydrogens (tertiary/aromatic N) is 2. The summed E-state index contributed by atoms with van der Waals surface area (Å²) in [6.07, 6.45) is 4.16. The minimum atomic E-state index is -0.0396. The van der Waals surface area contributed by atoms with Crippen LogP contribution in [0.5, 0.6) is 5.75 Å². The molecule has 138 valence electrons. The maximum Gasteiger partial charge on any atom is 0.280 e. The molecule has 7 heteroatoms. The van der Waals surface area contributed by atoms with Crippen molar-refractivity contribution in [2.75, 3.05) is 20.2 Å². The molecule has 0 saturated carbocycles. The molecule has 0 unspecified atom stereocenters. The number of nitrogens with one attached hydrogen (secondary N) is 1. The molecule has 26 heavy (non-hydrogen) atoms. The standard InChI is InChI=1S/C19H23N3O2S2/c1-12-17(13-7-9-22(12)10-8-13)21-18(23)19-20-11-16(26-19)25-15-5-3-14(24-2)4-6-15/h3-6,11-13,17H,7-10H2,1-2H3,(H,21,23)/t12-,17-/m0/s1. The molecule has 1 aromatic carbocycles. The summed E-state index contributed by atoms with van der Waals surface area (Å²) in [4.78, 5) is 20.6.